The second kappa shape index (κ2) is 6.73. The number of aryl methyl sites for hydroxylation is 1. The Hall–Kier alpha value is -2.24. The van der Waals surface area contributed by atoms with E-state index in [1.807, 2.05) is 30.3 Å². The van der Waals surface area contributed by atoms with E-state index in [-0.39, 0.29) is 11.1 Å². The zero-order chi connectivity index (χ0) is 19.1. The fourth-order valence-electron chi connectivity index (χ4n) is 4.19. The molecule has 0 bridgehead atoms. The van der Waals surface area contributed by atoms with E-state index < -0.39 is 0 Å². The van der Waals surface area contributed by atoms with Crippen LogP contribution in [0.15, 0.2) is 59.6 Å². The summed E-state index contributed by atoms with van der Waals surface area (Å²) in [5.74, 6) is 0.919. The molecule has 0 saturated carbocycles. The van der Waals surface area contributed by atoms with Crippen LogP contribution in [0.4, 0.5) is 11.4 Å². The first-order valence-electron chi connectivity index (χ1n) is 9.36. The molecule has 27 heavy (non-hydrogen) atoms. The molecule has 2 aliphatic heterocycles. The average molecular weight is 380 g/mol. The number of hydrogen-bond acceptors (Lipinski definition) is 3. The van der Waals surface area contributed by atoms with E-state index in [2.05, 4.69) is 55.3 Å². The lowest BCUT2D eigenvalue weighted by molar-refractivity contribution is -0.0661. The maximum Gasteiger partial charge on any atom is 0.202 e. The van der Waals surface area contributed by atoms with E-state index >= 15 is 0 Å². The number of ether oxygens (including phenoxy) is 1. The second-order valence-corrected chi connectivity index (χ2v) is 8.29. The van der Waals surface area contributed by atoms with Gasteiger partial charge in [-0.15, -0.1) is 0 Å². The van der Waals surface area contributed by atoms with Gasteiger partial charge in [-0.2, -0.15) is 0 Å². The van der Waals surface area contributed by atoms with E-state index in [1.54, 1.807) is 0 Å². The lowest BCUT2D eigenvalue weighted by atomic mass is 9.79. The van der Waals surface area contributed by atoms with Crippen LogP contribution in [0.2, 0.25) is 0 Å². The Morgan fingerprint density at radius 2 is 1.78 bits per heavy atom. The number of amidine groups is 1. The van der Waals surface area contributed by atoms with E-state index in [0.717, 1.165) is 30.1 Å². The van der Waals surface area contributed by atoms with Crippen molar-refractivity contribution in [3.05, 3.63) is 60.2 Å². The third-order valence-corrected chi connectivity index (χ3v) is 5.68. The van der Waals surface area contributed by atoms with Gasteiger partial charge in [0.1, 0.15) is 11.4 Å². The normalized spacial score (nSPS) is 24.2. The van der Waals surface area contributed by atoms with Crippen molar-refractivity contribution in [1.29, 1.82) is 0 Å². The number of rotatable bonds is 2. The molecule has 2 aromatic carbocycles. The molecule has 2 heterocycles. The van der Waals surface area contributed by atoms with Crippen LogP contribution in [0.3, 0.4) is 0 Å². The Kier molecular flexibility index (Phi) is 4.52. The van der Waals surface area contributed by atoms with Crippen LogP contribution in [0, 0.1) is 6.92 Å². The van der Waals surface area contributed by atoms with Crippen molar-refractivity contribution in [1.82, 2.24) is 0 Å². The largest absolute Gasteiger partial charge is 0.375 e. The van der Waals surface area contributed by atoms with Crippen LogP contribution < -0.4 is 10.2 Å². The molecule has 4 rings (SSSR count). The molecule has 140 valence electrons. The Balaban J connectivity index is 1.79. The van der Waals surface area contributed by atoms with Crippen LogP contribution in [0.25, 0.3) is 0 Å². The molecule has 0 unspecified atom stereocenters. The number of nitrogens with zero attached hydrogens (tertiary/aromatic N) is 2. The number of anilines is 2. The molecule has 1 spiro atoms. The van der Waals surface area contributed by atoms with Crippen LogP contribution in [0.1, 0.15) is 32.3 Å². The summed E-state index contributed by atoms with van der Waals surface area (Å²) in [5, 5.41) is 4.21. The van der Waals surface area contributed by atoms with E-state index in [0.29, 0.717) is 11.7 Å². The molecule has 0 aromatic heterocycles. The van der Waals surface area contributed by atoms with Gasteiger partial charge in [-0.1, -0.05) is 36.4 Å². The van der Waals surface area contributed by atoms with E-state index in [4.69, 9.17) is 21.9 Å². The monoisotopic (exact) mass is 379 g/mol. The van der Waals surface area contributed by atoms with Crippen molar-refractivity contribution < 1.29 is 4.74 Å². The van der Waals surface area contributed by atoms with Gasteiger partial charge in [-0.3, -0.25) is 0 Å². The molecule has 0 amide bonds. The highest BCUT2D eigenvalue weighted by atomic mass is 32.1. The minimum atomic E-state index is -0.331. The maximum absolute atomic E-state index is 6.04. The van der Waals surface area contributed by atoms with Gasteiger partial charge in [0.05, 0.1) is 5.60 Å². The van der Waals surface area contributed by atoms with Crippen LogP contribution in [0.5, 0.6) is 0 Å². The molecule has 0 aliphatic carbocycles. The summed E-state index contributed by atoms with van der Waals surface area (Å²) in [7, 11) is 0. The Bertz CT molecular complexity index is 893. The molecule has 1 atom stereocenters. The van der Waals surface area contributed by atoms with Crippen LogP contribution in [-0.4, -0.2) is 28.7 Å². The average Bonchev–Trinajstić information content (AvgIpc) is 2.87. The van der Waals surface area contributed by atoms with Crippen molar-refractivity contribution in [3.63, 3.8) is 0 Å². The molecule has 2 aliphatic rings. The quantitative estimate of drug-likeness (QED) is 0.750. The second-order valence-electron chi connectivity index (χ2n) is 7.92. The molecular formula is C22H25N3OS. The SMILES string of the molecule is Cc1ccccc1NC1=NC(=S)N(c2ccccc2)[C@]12CCOC(C)(C)C2. The maximum atomic E-state index is 6.04. The Labute approximate surface area is 166 Å². The Morgan fingerprint density at radius 3 is 2.48 bits per heavy atom. The van der Waals surface area contributed by atoms with Crippen molar-refractivity contribution in [2.75, 3.05) is 16.8 Å². The van der Waals surface area contributed by atoms with Gasteiger partial charge in [0, 0.05) is 30.8 Å². The number of hydrogen-bond donors (Lipinski definition) is 1. The summed E-state index contributed by atoms with van der Waals surface area (Å²) in [6.45, 7) is 7.06. The molecule has 4 nitrogen and oxygen atoms in total. The predicted octanol–water partition coefficient (Wildman–Crippen LogP) is 4.94. The molecule has 0 radical (unpaired) electrons. The van der Waals surface area contributed by atoms with Gasteiger partial charge in [-0.25, -0.2) is 4.99 Å². The van der Waals surface area contributed by atoms with E-state index in [9.17, 15) is 0 Å². The fourth-order valence-corrected chi connectivity index (χ4v) is 4.56. The highest BCUT2D eigenvalue weighted by Crippen LogP contribution is 2.43. The molecule has 1 fully saturated rings. The molecule has 1 N–H and O–H groups in total. The highest BCUT2D eigenvalue weighted by molar-refractivity contribution is 7.80. The summed E-state index contributed by atoms with van der Waals surface area (Å²) in [4.78, 5) is 7.05. The first-order valence-corrected chi connectivity index (χ1v) is 9.77. The lowest BCUT2D eigenvalue weighted by Crippen LogP contribution is -2.60. The summed E-state index contributed by atoms with van der Waals surface area (Å²) >= 11 is 5.73. The zero-order valence-corrected chi connectivity index (χ0v) is 16.8. The summed E-state index contributed by atoms with van der Waals surface area (Å²) in [6, 6.07) is 18.6. The van der Waals surface area contributed by atoms with Gasteiger partial charge < -0.3 is 15.0 Å². The molecule has 2 aromatic rings. The van der Waals surface area contributed by atoms with Crippen molar-refractivity contribution in [3.8, 4) is 0 Å². The van der Waals surface area contributed by atoms with Crippen molar-refractivity contribution >= 4 is 34.5 Å². The summed E-state index contributed by atoms with van der Waals surface area (Å²) in [5.41, 5.74) is 2.75. The molecule has 5 heteroatoms. The first kappa shape index (κ1) is 18.1. The van der Waals surface area contributed by atoms with Gasteiger partial charge in [0.2, 0.25) is 5.11 Å². The summed E-state index contributed by atoms with van der Waals surface area (Å²) in [6.07, 6.45) is 1.65. The number of para-hydroxylation sites is 2. The first-order chi connectivity index (χ1) is 12.9. The third kappa shape index (κ3) is 3.26. The number of thiocarbonyl (C=S) groups is 1. The molecule has 1 saturated heterocycles. The van der Waals surface area contributed by atoms with Gasteiger partial charge in [0.15, 0.2) is 0 Å². The summed E-state index contributed by atoms with van der Waals surface area (Å²) < 4.78 is 6.04. The van der Waals surface area contributed by atoms with E-state index in [1.165, 1.54) is 5.56 Å². The van der Waals surface area contributed by atoms with Crippen LogP contribution in [-0.2, 0) is 4.74 Å². The Morgan fingerprint density at radius 1 is 1.07 bits per heavy atom. The van der Waals surface area contributed by atoms with Gasteiger partial charge in [-0.05, 0) is 56.8 Å². The highest BCUT2D eigenvalue weighted by Gasteiger charge is 2.53. The fraction of sp³-hybridized carbons (Fsp3) is 0.364. The number of aliphatic imine (C=N–C) groups is 1. The zero-order valence-electron chi connectivity index (χ0n) is 16.0. The smallest absolute Gasteiger partial charge is 0.202 e. The number of nitrogens with one attached hydrogen (secondary N) is 1. The van der Waals surface area contributed by atoms with Crippen molar-refractivity contribution in [2.45, 2.75) is 44.8 Å². The number of benzene rings is 2. The third-order valence-electron chi connectivity index (χ3n) is 5.41. The van der Waals surface area contributed by atoms with Crippen molar-refractivity contribution in [2.24, 2.45) is 4.99 Å². The van der Waals surface area contributed by atoms with Gasteiger partial charge >= 0.3 is 0 Å². The predicted molar refractivity (Wildman–Crippen MR) is 116 cm³/mol. The van der Waals surface area contributed by atoms with Gasteiger partial charge in [0.25, 0.3) is 0 Å². The van der Waals surface area contributed by atoms with Crippen LogP contribution >= 0.6 is 12.2 Å². The minimum Gasteiger partial charge on any atom is -0.375 e. The molecular weight excluding hydrogens is 354 g/mol. The minimum absolute atomic E-state index is 0.251. The topological polar surface area (TPSA) is 36.9 Å². The standard InChI is InChI=1S/C22H25N3OS/c1-16-9-7-8-12-18(16)23-19-22(13-14-26-21(2,3)15-22)25(20(27)24-19)17-10-5-4-6-11-17/h4-12H,13-15H2,1-3H3,(H,23,24,27)/t22-/m0/s1. The lowest BCUT2D eigenvalue weighted by Gasteiger charge is -2.48.